The maximum atomic E-state index is 5.90. The van der Waals surface area contributed by atoms with Crippen LogP contribution in [0, 0.1) is 13.8 Å². The molecule has 0 unspecified atom stereocenters. The third-order valence-corrected chi connectivity index (χ3v) is 3.18. The summed E-state index contributed by atoms with van der Waals surface area (Å²) in [5, 5.41) is 7.61. The number of nitrogens with two attached hydrogens (primary N) is 1. The van der Waals surface area contributed by atoms with Crippen molar-refractivity contribution in [3.05, 3.63) is 41.5 Å². The molecule has 2 aromatic carbocycles. The number of hydrogen-bond acceptors (Lipinski definition) is 5. The second kappa shape index (κ2) is 4.28. The maximum absolute atomic E-state index is 5.90. The minimum absolute atomic E-state index is 0.516. The van der Waals surface area contributed by atoms with Crippen LogP contribution in [-0.2, 0) is 0 Å². The van der Waals surface area contributed by atoms with Gasteiger partial charge < -0.3 is 10.5 Å². The fourth-order valence-corrected chi connectivity index (χ4v) is 1.90. The van der Waals surface area contributed by atoms with Crippen LogP contribution in [0.5, 0.6) is 11.5 Å². The van der Waals surface area contributed by atoms with E-state index in [-0.39, 0.29) is 0 Å². The van der Waals surface area contributed by atoms with Crippen LogP contribution < -0.4 is 10.5 Å². The van der Waals surface area contributed by atoms with Crippen molar-refractivity contribution in [1.82, 2.24) is 10.3 Å². The average Bonchev–Trinajstić information content (AvgIpc) is 2.88. The first-order valence-corrected chi connectivity index (χ1v) is 5.91. The van der Waals surface area contributed by atoms with E-state index < -0.39 is 0 Å². The Bertz CT molecular complexity index is 750. The van der Waals surface area contributed by atoms with E-state index in [1.165, 1.54) is 5.56 Å². The van der Waals surface area contributed by atoms with Gasteiger partial charge in [0.1, 0.15) is 5.75 Å². The van der Waals surface area contributed by atoms with E-state index in [9.17, 15) is 0 Å². The predicted octanol–water partition coefficient (Wildman–Crippen LogP) is 3.21. The number of benzene rings is 2. The zero-order chi connectivity index (χ0) is 13.4. The molecule has 96 valence electrons. The monoisotopic (exact) mass is 255 g/mol. The van der Waals surface area contributed by atoms with Crippen molar-refractivity contribution in [1.29, 1.82) is 0 Å². The van der Waals surface area contributed by atoms with Crippen molar-refractivity contribution in [2.75, 3.05) is 5.73 Å². The number of fused-ring (bicyclic) bond motifs is 1. The number of nitrogens with zero attached hydrogens (tertiary/aromatic N) is 2. The Hall–Kier alpha value is -2.56. The van der Waals surface area contributed by atoms with Crippen LogP contribution in [-0.4, -0.2) is 10.3 Å². The lowest BCUT2D eigenvalue weighted by molar-refractivity contribution is 0.314. The molecular formula is C14H13N3O2. The van der Waals surface area contributed by atoms with E-state index in [1.54, 1.807) is 12.1 Å². The SMILES string of the molecule is Cc1cccc(Oc2ccc(N)c3nonc23)c1C. The third kappa shape index (κ3) is 1.89. The highest BCUT2D eigenvalue weighted by Gasteiger charge is 2.13. The van der Waals surface area contributed by atoms with E-state index in [2.05, 4.69) is 10.3 Å². The third-order valence-electron chi connectivity index (χ3n) is 3.18. The smallest absolute Gasteiger partial charge is 0.179 e. The number of aryl methyl sites for hydroxylation is 1. The minimum Gasteiger partial charge on any atom is -0.455 e. The van der Waals surface area contributed by atoms with Crippen LogP contribution in [0.25, 0.3) is 11.0 Å². The van der Waals surface area contributed by atoms with Crippen molar-refractivity contribution in [3.63, 3.8) is 0 Å². The number of aromatic nitrogens is 2. The lowest BCUT2D eigenvalue weighted by Crippen LogP contribution is -1.92. The largest absolute Gasteiger partial charge is 0.455 e. The van der Waals surface area contributed by atoms with Gasteiger partial charge in [-0.15, -0.1) is 0 Å². The topological polar surface area (TPSA) is 74.2 Å². The Morgan fingerprint density at radius 1 is 1.00 bits per heavy atom. The van der Waals surface area contributed by atoms with Crippen LogP contribution in [0.3, 0.4) is 0 Å². The first-order chi connectivity index (χ1) is 9.16. The molecule has 0 fully saturated rings. The number of anilines is 1. The van der Waals surface area contributed by atoms with Gasteiger partial charge in [0.15, 0.2) is 16.8 Å². The van der Waals surface area contributed by atoms with Gasteiger partial charge in [-0.25, -0.2) is 4.63 Å². The summed E-state index contributed by atoms with van der Waals surface area (Å²) in [4.78, 5) is 0. The summed E-state index contributed by atoms with van der Waals surface area (Å²) in [5.74, 6) is 1.37. The standard InChI is InChI=1S/C14H13N3O2/c1-8-4-3-5-11(9(8)2)18-12-7-6-10(15)13-14(12)17-19-16-13/h3-7H,15H2,1-2H3. The molecule has 3 rings (SSSR count). The molecule has 0 bridgehead atoms. The van der Waals surface area contributed by atoms with E-state index in [1.807, 2.05) is 32.0 Å². The quantitative estimate of drug-likeness (QED) is 0.712. The second-order valence-electron chi connectivity index (χ2n) is 4.41. The Kier molecular flexibility index (Phi) is 2.59. The zero-order valence-corrected chi connectivity index (χ0v) is 10.7. The van der Waals surface area contributed by atoms with E-state index in [0.717, 1.165) is 11.3 Å². The number of ether oxygens (including phenoxy) is 1. The van der Waals surface area contributed by atoms with Crippen molar-refractivity contribution in [3.8, 4) is 11.5 Å². The van der Waals surface area contributed by atoms with Gasteiger partial charge in [-0.1, -0.05) is 12.1 Å². The van der Waals surface area contributed by atoms with Crippen molar-refractivity contribution in [2.24, 2.45) is 0 Å². The summed E-state index contributed by atoms with van der Waals surface area (Å²) in [6.45, 7) is 4.05. The van der Waals surface area contributed by atoms with Gasteiger partial charge in [-0.2, -0.15) is 0 Å². The van der Waals surface area contributed by atoms with Crippen LogP contribution in [0.1, 0.15) is 11.1 Å². The molecule has 0 saturated heterocycles. The van der Waals surface area contributed by atoms with Gasteiger partial charge in [0, 0.05) is 0 Å². The first kappa shape index (κ1) is 11.5. The molecule has 0 aliphatic rings. The number of hydrogen-bond donors (Lipinski definition) is 1. The Labute approximate surface area is 109 Å². The molecule has 0 aliphatic carbocycles. The van der Waals surface area contributed by atoms with E-state index in [0.29, 0.717) is 22.5 Å². The maximum Gasteiger partial charge on any atom is 0.179 e. The molecule has 0 spiro atoms. The molecule has 5 nitrogen and oxygen atoms in total. The molecule has 0 amide bonds. The molecule has 1 heterocycles. The summed E-state index contributed by atoms with van der Waals surface area (Å²) >= 11 is 0. The van der Waals surface area contributed by atoms with Crippen LogP contribution in [0.15, 0.2) is 35.0 Å². The normalized spacial score (nSPS) is 10.8. The molecule has 0 saturated carbocycles. The van der Waals surface area contributed by atoms with Gasteiger partial charge in [-0.3, -0.25) is 0 Å². The molecule has 0 atom stereocenters. The fraction of sp³-hybridized carbons (Fsp3) is 0.143. The highest BCUT2D eigenvalue weighted by atomic mass is 16.6. The van der Waals surface area contributed by atoms with E-state index in [4.69, 9.17) is 15.1 Å². The zero-order valence-electron chi connectivity index (χ0n) is 10.7. The van der Waals surface area contributed by atoms with Crippen LogP contribution in [0.4, 0.5) is 5.69 Å². The summed E-state index contributed by atoms with van der Waals surface area (Å²) in [6.07, 6.45) is 0. The molecular weight excluding hydrogens is 242 g/mol. The van der Waals surface area contributed by atoms with Crippen molar-refractivity contribution < 1.29 is 9.37 Å². The van der Waals surface area contributed by atoms with Gasteiger partial charge in [0.05, 0.1) is 5.69 Å². The van der Waals surface area contributed by atoms with Gasteiger partial charge in [-0.05, 0) is 53.5 Å². The van der Waals surface area contributed by atoms with E-state index >= 15 is 0 Å². The van der Waals surface area contributed by atoms with Crippen molar-refractivity contribution in [2.45, 2.75) is 13.8 Å². The summed E-state index contributed by atoms with van der Waals surface area (Å²) in [6, 6.07) is 9.40. The molecule has 1 aromatic heterocycles. The second-order valence-corrected chi connectivity index (χ2v) is 4.41. The van der Waals surface area contributed by atoms with Gasteiger partial charge >= 0.3 is 0 Å². The molecule has 0 radical (unpaired) electrons. The van der Waals surface area contributed by atoms with Gasteiger partial charge in [0.2, 0.25) is 0 Å². The highest BCUT2D eigenvalue weighted by Crippen LogP contribution is 2.32. The van der Waals surface area contributed by atoms with Crippen LogP contribution in [0.2, 0.25) is 0 Å². The summed E-state index contributed by atoms with van der Waals surface area (Å²) in [5.41, 5.74) is 9.62. The molecule has 5 heteroatoms. The number of nitrogen functional groups attached to an aromatic ring is 1. The molecule has 19 heavy (non-hydrogen) atoms. The van der Waals surface area contributed by atoms with Crippen LogP contribution >= 0.6 is 0 Å². The molecule has 0 aliphatic heterocycles. The Morgan fingerprint density at radius 2 is 1.79 bits per heavy atom. The lowest BCUT2D eigenvalue weighted by atomic mass is 10.1. The Morgan fingerprint density at radius 3 is 2.63 bits per heavy atom. The molecule has 3 aromatic rings. The van der Waals surface area contributed by atoms with Crippen molar-refractivity contribution >= 4 is 16.7 Å². The van der Waals surface area contributed by atoms with Gasteiger partial charge in [0.25, 0.3) is 0 Å². The summed E-state index contributed by atoms with van der Waals surface area (Å²) in [7, 11) is 0. The predicted molar refractivity (Wildman–Crippen MR) is 72.2 cm³/mol. The molecule has 2 N–H and O–H groups in total. The number of rotatable bonds is 2. The highest BCUT2D eigenvalue weighted by molar-refractivity contribution is 5.90. The lowest BCUT2D eigenvalue weighted by Gasteiger charge is -2.10. The Balaban J connectivity index is 2.09. The average molecular weight is 255 g/mol. The summed E-state index contributed by atoms with van der Waals surface area (Å²) < 4.78 is 10.6. The first-order valence-electron chi connectivity index (χ1n) is 5.91. The minimum atomic E-state index is 0.516. The fourth-order valence-electron chi connectivity index (χ4n) is 1.90.